The molecule has 0 aliphatic carbocycles. The second-order valence-electron chi connectivity index (χ2n) is 9.31. The van der Waals surface area contributed by atoms with E-state index in [1.54, 1.807) is 17.2 Å². The van der Waals surface area contributed by atoms with Crippen molar-refractivity contribution in [1.82, 2.24) is 24.6 Å². The second kappa shape index (κ2) is 8.58. The zero-order valence-electron chi connectivity index (χ0n) is 18.8. The number of aromatic hydroxyl groups is 1. The number of carbonyl (C=O) groups is 1. The number of carbonyl (C=O) groups excluding carboxylic acids is 1. The summed E-state index contributed by atoms with van der Waals surface area (Å²) in [4.78, 5) is 23.3. The fourth-order valence-electron chi connectivity index (χ4n) is 4.00. The SMILES string of the molecule is Cc1nn(CC2CCCN(C(=O)OC(C)(C)C)C2)cc1-c1cnc2ccc(O)c(Cl)c2n1. The predicted octanol–water partition coefficient (Wildman–Crippen LogP) is 4.81. The van der Waals surface area contributed by atoms with Gasteiger partial charge in [0.25, 0.3) is 0 Å². The number of fused-ring (bicyclic) bond motifs is 1. The number of ether oxygens (including phenoxy) is 1. The molecule has 9 heteroatoms. The molecule has 1 aliphatic rings. The van der Waals surface area contributed by atoms with Gasteiger partial charge in [0, 0.05) is 31.4 Å². The summed E-state index contributed by atoms with van der Waals surface area (Å²) in [6.45, 7) is 9.63. The van der Waals surface area contributed by atoms with E-state index in [0.717, 1.165) is 30.6 Å². The van der Waals surface area contributed by atoms with Gasteiger partial charge in [-0.15, -0.1) is 0 Å². The Bertz CT molecular complexity index is 1150. The molecule has 1 saturated heterocycles. The minimum Gasteiger partial charge on any atom is -0.506 e. The second-order valence-corrected chi connectivity index (χ2v) is 9.68. The van der Waals surface area contributed by atoms with Crippen molar-refractivity contribution in [3.63, 3.8) is 0 Å². The molecule has 1 amide bonds. The molecule has 32 heavy (non-hydrogen) atoms. The van der Waals surface area contributed by atoms with Gasteiger partial charge >= 0.3 is 6.09 Å². The van der Waals surface area contributed by atoms with Crippen LogP contribution < -0.4 is 0 Å². The molecule has 1 aromatic carbocycles. The van der Waals surface area contributed by atoms with E-state index in [1.807, 2.05) is 38.6 Å². The molecule has 0 spiro atoms. The highest BCUT2D eigenvalue weighted by Gasteiger charge is 2.28. The van der Waals surface area contributed by atoms with Gasteiger partial charge in [0.05, 0.1) is 23.1 Å². The van der Waals surface area contributed by atoms with Gasteiger partial charge in [0.15, 0.2) is 0 Å². The first-order chi connectivity index (χ1) is 15.1. The summed E-state index contributed by atoms with van der Waals surface area (Å²) < 4.78 is 7.44. The van der Waals surface area contributed by atoms with Gasteiger partial charge in [-0.05, 0) is 58.6 Å². The van der Waals surface area contributed by atoms with Gasteiger partial charge in [-0.25, -0.2) is 9.78 Å². The lowest BCUT2D eigenvalue weighted by atomic mass is 9.98. The monoisotopic (exact) mass is 457 g/mol. The van der Waals surface area contributed by atoms with Crippen LogP contribution >= 0.6 is 11.6 Å². The fraction of sp³-hybridized carbons (Fsp3) is 0.478. The Kier molecular flexibility index (Phi) is 5.99. The Labute approximate surface area is 192 Å². The Morgan fingerprint density at radius 1 is 1.34 bits per heavy atom. The Balaban J connectivity index is 1.51. The first-order valence-corrected chi connectivity index (χ1v) is 11.1. The maximum Gasteiger partial charge on any atom is 0.410 e. The van der Waals surface area contributed by atoms with E-state index in [9.17, 15) is 9.90 Å². The standard InChI is InChI=1S/C23H28ClN5O3/c1-14-16(18-10-25-17-7-8-19(30)20(24)21(17)26-18)13-29(27-14)12-15-6-5-9-28(11-15)22(31)32-23(2,3)4/h7-8,10,13,15,30H,5-6,9,11-12H2,1-4H3. The lowest BCUT2D eigenvalue weighted by molar-refractivity contribution is 0.0155. The Morgan fingerprint density at radius 2 is 2.12 bits per heavy atom. The molecule has 0 saturated carbocycles. The highest BCUT2D eigenvalue weighted by Crippen LogP contribution is 2.32. The normalized spacial score (nSPS) is 17.0. The average Bonchev–Trinajstić information content (AvgIpc) is 3.09. The molecule has 3 heterocycles. The summed E-state index contributed by atoms with van der Waals surface area (Å²) in [6.07, 6.45) is 5.35. The average molecular weight is 458 g/mol. The number of nitrogens with zero attached hydrogens (tertiary/aromatic N) is 5. The lowest BCUT2D eigenvalue weighted by Gasteiger charge is -2.34. The van der Waals surface area contributed by atoms with Gasteiger partial charge < -0.3 is 14.7 Å². The van der Waals surface area contributed by atoms with Gasteiger partial charge in [-0.1, -0.05) is 11.6 Å². The molecular weight excluding hydrogens is 430 g/mol. The van der Waals surface area contributed by atoms with Crippen LogP contribution in [-0.2, 0) is 11.3 Å². The maximum atomic E-state index is 12.5. The number of rotatable bonds is 3. The van der Waals surface area contributed by atoms with Crippen LogP contribution in [-0.4, -0.2) is 54.5 Å². The Hall–Kier alpha value is -2.87. The summed E-state index contributed by atoms with van der Waals surface area (Å²) in [7, 11) is 0. The number of aromatic nitrogens is 4. The number of hydrogen-bond acceptors (Lipinski definition) is 6. The molecule has 0 radical (unpaired) electrons. The van der Waals surface area contributed by atoms with E-state index in [1.165, 1.54) is 6.07 Å². The number of amides is 1. The molecule has 8 nitrogen and oxygen atoms in total. The molecule has 1 unspecified atom stereocenters. The number of piperidine rings is 1. The van der Waals surface area contributed by atoms with Crippen molar-refractivity contribution < 1.29 is 14.6 Å². The lowest BCUT2D eigenvalue weighted by Crippen LogP contribution is -2.43. The van der Waals surface area contributed by atoms with Crippen LogP contribution in [0.3, 0.4) is 0 Å². The molecule has 1 aliphatic heterocycles. The summed E-state index contributed by atoms with van der Waals surface area (Å²) in [5.41, 5.74) is 2.90. The van der Waals surface area contributed by atoms with Gasteiger partial charge in [0.1, 0.15) is 21.9 Å². The molecule has 3 aromatic rings. The molecular formula is C23H28ClN5O3. The minimum atomic E-state index is -0.501. The van der Waals surface area contributed by atoms with Gasteiger partial charge in [-0.3, -0.25) is 9.67 Å². The van der Waals surface area contributed by atoms with Crippen molar-refractivity contribution in [1.29, 1.82) is 0 Å². The van der Waals surface area contributed by atoms with Crippen LogP contribution in [0.2, 0.25) is 5.02 Å². The van der Waals surface area contributed by atoms with E-state index in [-0.39, 0.29) is 22.8 Å². The fourth-order valence-corrected chi connectivity index (χ4v) is 4.20. The molecule has 0 bridgehead atoms. The third-order valence-electron chi connectivity index (χ3n) is 5.47. The number of phenols is 1. The summed E-state index contributed by atoms with van der Waals surface area (Å²) in [5, 5.41) is 14.7. The zero-order valence-corrected chi connectivity index (χ0v) is 19.6. The Morgan fingerprint density at radius 3 is 2.88 bits per heavy atom. The van der Waals surface area contributed by atoms with Crippen LogP contribution in [0.25, 0.3) is 22.3 Å². The number of aryl methyl sites for hydroxylation is 1. The highest BCUT2D eigenvalue weighted by atomic mass is 35.5. The third-order valence-corrected chi connectivity index (χ3v) is 5.84. The molecule has 170 valence electrons. The van der Waals surface area contributed by atoms with Crippen LogP contribution in [0, 0.1) is 12.8 Å². The first kappa shape index (κ1) is 22.3. The smallest absolute Gasteiger partial charge is 0.410 e. The molecule has 1 atom stereocenters. The van der Waals surface area contributed by atoms with Crippen molar-refractivity contribution in [2.75, 3.05) is 13.1 Å². The molecule has 4 rings (SSSR count). The number of halogens is 1. The number of phenolic OH excluding ortho intramolecular Hbond substituents is 1. The quantitative estimate of drug-likeness (QED) is 0.606. The predicted molar refractivity (Wildman–Crippen MR) is 123 cm³/mol. The van der Waals surface area contributed by atoms with E-state index in [2.05, 4.69) is 15.1 Å². The van der Waals surface area contributed by atoms with E-state index < -0.39 is 5.60 Å². The number of benzene rings is 1. The third kappa shape index (κ3) is 4.80. The van der Waals surface area contributed by atoms with Crippen molar-refractivity contribution in [2.45, 2.75) is 52.7 Å². The first-order valence-electron chi connectivity index (χ1n) is 10.8. The van der Waals surface area contributed by atoms with Gasteiger partial charge in [0.2, 0.25) is 0 Å². The highest BCUT2D eigenvalue weighted by molar-refractivity contribution is 6.36. The topological polar surface area (TPSA) is 93.4 Å². The maximum absolute atomic E-state index is 12.5. The van der Waals surface area contributed by atoms with Crippen LogP contribution in [0.1, 0.15) is 39.3 Å². The molecule has 1 N–H and O–H groups in total. The number of hydrogen-bond donors (Lipinski definition) is 1. The van der Waals surface area contributed by atoms with Crippen LogP contribution in [0.4, 0.5) is 4.79 Å². The van der Waals surface area contributed by atoms with Crippen LogP contribution in [0.15, 0.2) is 24.5 Å². The van der Waals surface area contributed by atoms with Crippen molar-refractivity contribution in [3.05, 3.63) is 35.2 Å². The molecule has 2 aromatic heterocycles. The van der Waals surface area contributed by atoms with Gasteiger partial charge in [-0.2, -0.15) is 5.10 Å². The van der Waals surface area contributed by atoms with Crippen molar-refractivity contribution in [2.24, 2.45) is 5.92 Å². The summed E-state index contributed by atoms with van der Waals surface area (Å²) in [5.74, 6) is 0.266. The van der Waals surface area contributed by atoms with E-state index in [4.69, 9.17) is 16.3 Å². The largest absolute Gasteiger partial charge is 0.506 e. The van der Waals surface area contributed by atoms with E-state index >= 15 is 0 Å². The molecule has 1 fully saturated rings. The number of likely N-dealkylation sites (tertiary alicyclic amines) is 1. The van der Waals surface area contributed by atoms with Crippen LogP contribution in [0.5, 0.6) is 5.75 Å². The van der Waals surface area contributed by atoms with Crippen molar-refractivity contribution in [3.8, 4) is 17.0 Å². The zero-order chi connectivity index (χ0) is 23.0. The van der Waals surface area contributed by atoms with Crippen molar-refractivity contribution >= 4 is 28.7 Å². The van der Waals surface area contributed by atoms with E-state index in [0.29, 0.717) is 29.8 Å². The summed E-state index contributed by atoms with van der Waals surface area (Å²) >= 11 is 6.22. The minimum absolute atomic E-state index is 0.0233. The summed E-state index contributed by atoms with van der Waals surface area (Å²) in [6, 6.07) is 3.19.